The van der Waals surface area contributed by atoms with Gasteiger partial charge in [-0.1, -0.05) is 113 Å². The third-order valence-corrected chi connectivity index (χ3v) is 8.62. The van der Waals surface area contributed by atoms with Crippen LogP contribution in [0.1, 0.15) is 0 Å². The molecule has 0 bridgehead atoms. The first-order chi connectivity index (χ1) is 21.2. The number of benzene rings is 7. The first-order valence-electron chi connectivity index (χ1n) is 14.5. The van der Waals surface area contributed by atoms with Gasteiger partial charge in [-0.25, -0.2) is 0 Å². The second-order valence-corrected chi connectivity index (χ2v) is 11.7. The largest absolute Gasteiger partial charge is 0.310 e. The fourth-order valence-corrected chi connectivity index (χ4v) is 6.72. The molecule has 8 aromatic rings. The van der Waals surface area contributed by atoms with Gasteiger partial charge in [-0.05, 0) is 88.6 Å². The quantitative estimate of drug-likeness (QED) is 0.187. The molecule has 0 aliphatic carbocycles. The van der Waals surface area contributed by atoms with Gasteiger partial charge in [0.2, 0.25) is 0 Å². The predicted molar refractivity (Wildman–Crippen MR) is 186 cm³/mol. The summed E-state index contributed by atoms with van der Waals surface area (Å²) in [6.07, 6.45) is 0. The molecule has 0 fully saturated rings. The zero-order chi connectivity index (χ0) is 28.8. The monoisotopic (exact) mass is 614 g/mol. The Hall–Kier alpha value is -5.12. The van der Waals surface area contributed by atoms with Gasteiger partial charge in [-0.2, -0.15) is 0 Å². The molecule has 0 aliphatic heterocycles. The molecular weight excluding hydrogens is 588 g/mol. The molecule has 0 saturated heterocycles. The van der Waals surface area contributed by atoms with Crippen LogP contribution in [-0.4, -0.2) is 4.57 Å². The molecule has 2 nitrogen and oxygen atoms in total. The molecule has 1 heterocycles. The number of hydrogen-bond acceptors (Lipinski definition) is 1. The maximum absolute atomic E-state index is 3.85. The molecule has 0 spiro atoms. The molecule has 0 radical (unpaired) electrons. The second-order valence-electron chi connectivity index (χ2n) is 10.8. The van der Waals surface area contributed by atoms with E-state index in [4.69, 9.17) is 0 Å². The summed E-state index contributed by atoms with van der Waals surface area (Å²) in [6, 6.07) is 58.7. The van der Waals surface area contributed by atoms with Crippen LogP contribution in [0.15, 0.2) is 168 Å². The highest BCUT2D eigenvalue weighted by molar-refractivity contribution is 9.10. The number of fused-ring (bicyclic) bond motifs is 4. The summed E-state index contributed by atoms with van der Waals surface area (Å²) in [5.41, 5.74) is 9.19. The Morgan fingerprint density at radius 2 is 1.09 bits per heavy atom. The number of hydrogen-bond donors (Lipinski definition) is 0. The Balaban J connectivity index is 1.29. The second kappa shape index (κ2) is 10.6. The summed E-state index contributed by atoms with van der Waals surface area (Å²) in [6.45, 7) is 0. The van der Waals surface area contributed by atoms with Crippen molar-refractivity contribution in [1.29, 1.82) is 0 Å². The van der Waals surface area contributed by atoms with E-state index in [1.54, 1.807) is 0 Å². The Morgan fingerprint density at radius 3 is 1.86 bits per heavy atom. The van der Waals surface area contributed by atoms with Gasteiger partial charge in [-0.15, -0.1) is 0 Å². The summed E-state index contributed by atoms with van der Waals surface area (Å²) < 4.78 is 3.40. The maximum atomic E-state index is 3.85. The number of rotatable bonds is 5. The number of aromatic nitrogens is 1. The van der Waals surface area contributed by atoms with Crippen LogP contribution in [0.3, 0.4) is 0 Å². The van der Waals surface area contributed by atoms with E-state index < -0.39 is 0 Å². The minimum atomic E-state index is 1.03. The van der Waals surface area contributed by atoms with E-state index >= 15 is 0 Å². The lowest BCUT2D eigenvalue weighted by Gasteiger charge is -2.26. The van der Waals surface area contributed by atoms with E-state index in [1.807, 2.05) is 0 Å². The SMILES string of the molecule is Brc1cc(-c2cccc(-n3c4ccccc4c4ccccc43)c2)cc(N(c2ccccc2)c2ccc3ccccc3c2)c1. The zero-order valence-electron chi connectivity index (χ0n) is 23.4. The third kappa shape index (κ3) is 4.59. The van der Waals surface area contributed by atoms with Crippen molar-refractivity contribution in [3.8, 4) is 16.8 Å². The predicted octanol–water partition coefficient (Wildman–Crippen LogP) is 11.8. The van der Waals surface area contributed by atoms with Gasteiger partial charge in [0, 0.05) is 38.0 Å². The van der Waals surface area contributed by atoms with Crippen LogP contribution in [-0.2, 0) is 0 Å². The van der Waals surface area contributed by atoms with Crippen LogP contribution in [0.4, 0.5) is 17.1 Å². The van der Waals surface area contributed by atoms with Crippen molar-refractivity contribution >= 4 is 65.6 Å². The minimum Gasteiger partial charge on any atom is -0.310 e. The van der Waals surface area contributed by atoms with E-state index in [9.17, 15) is 0 Å². The Bertz CT molecular complexity index is 2210. The number of nitrogens with zero attached hydrogens (tertiary/aromatic N) is 2. The third-order valence-electron chi connectivity index (χ3n) is 8.16. The number of anilines is 3. The van der Waals surface area contributed by atoms with Gasteiger partial charge in [0.05, 0.1) is 11.0 Å². The number of para-hydroxylation sites is 3. The summed E-state index contributed by atoms with van der Waals surface area (Å²) in [7, 11) is 0. The Labute approximate surface area is 259 Å². The molecule has 8 rings (SSSR count). The van der Waals surface area contributed by atoms with Gasteiger partial charge in [-0.3, -0.25) is 0 Å². The van der Waals surface area contributed by atoms with Crippen molar-refractivity contribution in [2.75, 3.05) is 4.90 Å². The van der Waals surface area contributed by atoms with Crippen LogP contribution in [0.2, 0.25) is 0 Å². The standard InChI is InChI=1S/C40H27BrN2/c41-32-23-31(30-13-10-16-34(25-30)43-39-19-8-6-17-37(39)38-18-7-9-20-40(38)43)26-36(27-32)42(33-14-2-1-3-15-33)35-22-21-28-11-4-5-12-29(28)24-35/h1-27H. The highest BCUT2D eigenvalue weighted by Gasteiger charge is 2.16. The Morgan fingerprint density at radius 1 is 0.419 bits per heavy atom. The van der Waals surface area contributed by atoms with Crippen molar-refractivity contribution in [2.24, 2.45) is 0 Å². The molecule has 0 aliphatic rings. The van der Waals surface area contributed by atoms with Crippen LogP contribution in [0.25, 0.3) is 49.4 Å². The fraction of sp³-hybridized carbons (Fsp3) is 0. The van der Waals surface area contributed by atoms with Gasteiger partial charge < -0.3 is 9.47 Å². The molecule has 0 unspecified atom stereocenters. The molecule has 0 saturated carbocycles. The summed E-state index contributed by atoms with van der Waals surface area (Å²) >= 11 is 3.85. The molecule has 3 heteroatoms. The van der Waals surface area contributed by atoms with E-state index in [2.05, 4.69) is 189 Å². The first-order valence-corrected chi connectivity index (χ1v) is 15.3. The summed E-state index contributed by atoms with van der Waals surface area (Å²) in [4.78, 5) is 2.33. The number of halogens is 1. The van der Waals surface area contributed by atoms with Crippen molar-refractivity contribution in [3.05, 3.63) is 168 Å². The van der Waals surface area contributed by atoms with E-state index in [1.165, 1.54) is 32.6 Å². The average Bonchev–Trinajstić information content (AvgIpc) is 3.40. The summed E-state index contributed by atoms with van der Waals surface area (Å²) in [5, 5.41) is 4.98. The first kappa shape index (κ1) is 25.6. The molecule has 0 N–H and O–H groups in total. The van der Waals surface area contributed by atoms with Crippen LogP contribution < -0.4 is 4.90 Å². The molecule has 204 valence electrons. The van der Waals surface area contributed by atoms with E-state index in [0.29, 0.717) is 0 Å². The zero-order valence-corrected chi connectivity index (χ0v) is 24.9. The summed E-state index contributed by atoms with van der Waals surface area (Å²) in [5.74, 6) is 0. The lowest BCUT2D eigenvalue weighted by molar-refractivity contribution is 1.18. The van der Waals surface area contributed by atoms with Crippen molar-refractivity contribution in [2.45, 2.75) is 0 Å². The van der Waals surface area contributed by atoms with Crippen LogP contribution >= 0.6 is 15.9 Å². The van der Waals surface area contributed by atoms with Gasteiger partial charge >= 0.3 is 0 Å². The van der Waals surface area contributed by atoms with E-state index in [-0.39, 0.29) is 0 Å². The highest BCUT2D eigenvalue weighted by atomic mass is 79.9. The Kier molecular flexibility index (Phi) is 6.31. The average molecular weight is 616 g/mol. The molecule has 43 heavy (non-hydrogen) atoms. The van der Waals surface area contributed by atoms with Crippen molar-refractivity contribution in [3.63, 3.8) is 0 Å². The lowest BCUT2D eigenvalue weighted by Crippen LogP contribution is -2.10. The molecule has 0 amide bonds. The minimum absolute atomic E-state index is 1.03. The van der Waals surface area contributed by atoms with Crippen LogP contribution in [0.5, 0.6) is 0 Å². The lowest BCUT2D eigenvalue weighted by atomic mass is 10.0. The maximum Gasteiger partial charge on any atom is 0.0541 e. The van der Waals surface area contributed by atoms with Gasteiger partial charge in [0.15, 0.2) is 0 Å². The van der Waals surface area contributed by atoms with Gasteiger partial charge in [0.1, 0.15) is 0 Å². The normalized spacial score (nSPS) is 11.4. The smallest absolute Gasteiger partial charge is 0.0541 e. The highest BCUT2D eigenvalue weighted by Crippen LogP contribution is 2.40. The fourth-order valence-electron chi connectivity index (χ4n) is 6.24. The van der Waals surface area contributed by atoms with Crippen molar-refractivity contribution < 1.29 is 0 Å². The molecule has 7 aromatic carbocycles. The van der Waals surface area contributed by atoms with Gasteiger partial charge in [0.25, 0.3) is 0 Å². The molecular formula is C40H27BrN2. The molecule has 1 aromatic heterocycles. The molecule has 0 atom stereocenters. The van der Waals surface area contributed by atoms with E-state index in [0.717, 1.165) is 38.3 Å². The topological polar surface area (TPSA) is 8.17 Å². The van der Waals surface area contributed by atoms with Crippen LogP contribution in [0, 0.1) is 0 Å². The van der Waals surface area contributed by atoms with Crippen molar-refractivity contribution in [1.82, 2.24) is 4.57 Å².